The van der Waals surface area contributed by atoms with Crippen molar-refractivity contribution in [2.24, 2.45) is 17.6 Å². The molecule has 0 aliphatic heterocycles. The molecular formula is C16H35N. The monoisotopic (exact) mass is 241 g/mol. The van der Waals surface area contributed by atoms with Crippen LogP contribution in [-0.2, 0) is 0 Å². The van der Waals surface area contributed by atoms with Gasteiger partial charge in [-0.2, -0.15) is 0 Å². The van der Waals surface area contributed by atoms with Crippen molar-refractivity contribution in [3.05, 3.63) is 0 Å². The van der Waals surface area contributed by atoms with Crippen molar-refractivity contribution in [1.29, 1.82) is 0 Å². The largest absolute Gasteiger partial charge is 0.330 e. The molecule has 1 heteroatoms. The average molecular weight is 241 g/mol. The van der Waals surface area contributed by atoms with Gasteiger partial charge in [-0.1, -0.05) is 72.1 Å². The van der Waals surface area contributed by atoms with Gasteiger partial charge in [-0.15, -0.1) is 0 Å². The topological polar surface area (TPSA) is 26.0 Å². The molecule has 0 fully saturated rings. The first-order valence-electron chi connectivity index (χ1n) is 7.94. The van der Waals surface area contributed by atoms with Gasteiger partial charge in [-0.25, -0.2) is 0 Å². The van der Waals surface area contributed by atoms with E-state index < -0.39 is 0 Å². The maximum absolute atomic E-state index is 5.84. The van der Waals surface area contributed by atoms with Crippen LogP contribution in [0.25, 0.3) is 0 Å². The fourth-order valence-corrected chi connectivity index (χ4v) is 2.63. The third-order valence-electron chi connectivity index (χ3n) is 3.89. The lowest BCUT2D eigenvalue weighted by atomic mass is 9.93. The van der Waals surface area contributed by atoms with E-state index in [1.165, 1.54) is 64.2 Å². The van der Waals surface area contributed by atoms with Crippen molar-refractivity contribution in [2.45, 2.75) is 85.0 Å². The van der Waals surface area contributed by atoms with Crippen LogP contribution in [-0.4, -0.2) is 6.54 Å². The fourth-order valence-electron chi connectivity index (χ4n) is 2.63. The van der Waals surface area contributed by atoms with Gasteiger partial charge < -0.3 is 5.73 Å². The van der Waals surface area contributed by atoms with Crippen LogP contribution in [0.4, 0.5) is 0 Å². The minimum atomic E-state index is 0.794. The summed E-state index contributed by atoms with van der Waals surface area (Å²) in [7, 11) is 0. The van der Waals surface area contributed by atoms with Crippen molar-refractivity contribution < 1.29 is 0 Å². The molecule has 0 aromatic heterocycles. The van der Waals surface area contributed by atoms with Crippen LogP contribution in [0.15, 0.2) is 0 Å². The molecule has 0 aromatic carbocycles. The number of hydrogen-bond acceptors (Lipinski definition) is 1. The zero-order valence-corrected chi connectivity index (χ0v) is 12.5. The number of unbranched alkanes of at least 4 members (excludes halogenated alkanes) is 3. The fraction of sp³-hybridized carbons (Fsp3) is 1.00. The smallest absolute Gasteiger partial charge is 0.00489 e. The van der Waals surface area contributed by atoms with Gasteiger partial charge in [-0.05, 0) is 31.2 Å². The predicted molar refractivity (Wildman–Crippen MR) is 79.2 cm³/mol. The van der Waals surface area contributed by atoms with Gasteiger partial charge >= 0.3 is 0 Å². The zero-order chi connectivity index (χ0) is 12.9. The Morgan fingerprint density at radius 2 is 1.35 bits per heavy atom. The lowest BCUT2D eigenvalue weighted by molar-refractivity contribution is 0.395. The van der Waals surface area contributed by atoms with Crippen LogP contribution in [0.5, 0.6) is 0 Å². The van der Waals surface area contributed by atoms with Gasteiger partial charge in [0.2, 0.25) is 0 Å². The predicted octanol–water partition coefficient (Wildman–Crippen LogP) is 5.14. The molecule has 2 N–H and O–H groups in total. The molecule has 0 aromatic rings. The minimum absolute atomic E-state index is 0.794. The molecule has 0 rings (SSSR count). The van der Waals surface area contributed by atoms with E-state index >= 15 is 0 Å². The van der Waals surface area contributed by atoms with E-state index in [2.05, 4.69) is 20.8 Å². The summed E-state index contributed by atoms with van der Waals surface area (Å²) in [6.07, 6.45) is 13.8. The molecular weight excluding hydrogens is 206 g/mol. The van der Waals surface area contributed by atoms with Crippen molar-refractivity contribution in [2.75, 3.05) is 6.54 Å². The van der Waals surface area contributed by atoms with Gasteiger partial charge in [0.05, 0.1) is 0 Å². The number of rotatable bonds is 12. The molecule has 104 valence electrons. The quantitative estimate of drug-likeness (QED) is 0.470. The molecule has 0 bridgehead atoms. The molecule has 0 aliphatic rings. The standard InChI is InChI=1S/C16H35N/c1-4-6-7-12-16(14-17)13-9-8-11-15(3)10-5-2/h15-16H,4-14,17H2,1-3H3. The molecule has 0 aliphatic carbocycles. The van der Waals surface area contributed by atoms with Crippen LogP contribution >= 0.6 is 0 Å². The Morgan fingerprint density at radius 1 is 0.765 bits per heavy atom. The maximum atomic E-state index is 5.84. The second kappa shape index (κ2) is 12.4. The van der Waals surface area contributed by atoms with Crippen LogP contribution in [0, 0.1) is 11.8 Å². The highest BCUT2D eigenvalue weighted by molar-refractivity contribution is 4.61. The Kier molecular flexibility index (Phi) is 12.4. The average Bonchev–Trinajstić information content (AvgIpc) is 2.32. The number of nitrogens with two attached hydrogens (primary N) is 1. The second-order valence-corrected chi connectivity index (χ2v) is 5.78. The van der Waals surface area contributed by atoms with Crippen molar-refractivity contribution >= 4 is 0 Å². The van der Waals surface area contributed by atoms with Gasteiger partial charge in [0, 0.05) is 0 Å². The normalized spacial score (nSPS) is 14.8. The molecule has 0 spiro atoms. The molecule has 0 heterocycles. The summed E-state index contributed by atoms with van der Waals surface area (Å²) < 4.78 is 0. The second-order valence-electron chi connectivity index (χ2n) is 5.78. The Bertz CT molecular complexity index is 144. The SMILES string of the molecule is CCCCCC(CN)CCCCC(C)CCC. The summed E-state index contributed by atoms with van der Waals surface area (Å²) in [5, 5.41) is 0. The Labute approximate surface area is 110 Å². The molecule has 2 atom stereocenters. The van der Waals surface area contributed by atoms with Gasteiger partial charge in [0.15, 0.2) is 0 Å². The summed E-state index contributed by atoms with van der Waals surface area (Å²) in [5.74, 6) is 1.72. The highest BCUT2D eigenvalue weighted by atomic mass is 14.5. The Morgan fingerprint density at radius 3 is 1.88 bits per heavy atom. The Hall–Kier alpha value is -0.0400. The number of hydrogen-bond donors (Lipinski definition) is 1. The first-order chi connectivity index (χ1) is 8.24. The van der Waals surface area contributed by atoms with E-state index in [0.717, 1.165) is 18.4 Å². The Balaban J connectivity index is 3.42. The van der Waals surface area contributed by atoms with Crippen molar-refractivity contribution in [1.82, 2.24) is 0 Å². The van der Waals surface area contributed by atoms with Crippen LogP contribution in [0.3, 0.4) is 0 Å². The van der Waals surface area contributed by atoms with E-state index in [4.69, 9.17) is 5.73 Å². The summed E-state index contributed by atoms with van der Waals surface area (Å²) in [6.45, 7) is 7.85. The van der Waals surface area contributed by atoms with E-state index in [0.29, 0.717) is 0 Å². The summed E-state index contributed by atoms with van der Waals surface area (Å²) in [6, 6.07) is 0. The highest BCUT2D eigenvalue weighted by Gasteiger charge is 2.07. The van der Waals surface area contributed by atoms with E-state index in [1.54, 1.807) is 0 Å². The van der Waals surface area contributed by atoms with Gasteiger partial charge in [0.25, 0.3) is 0 Å². The van der Waals surface area contributed by atoms with Crippen LogP contribution < -0.4 is 5.73 Å². The maximum Gasteiger partial charge on any atom is -0.00489 e. The lowest BCUT2D eigenvalue weighted by Gasteiger charge is -2.15. The lowest BCUT2D eigenvalue weighted by Crippen LogP contribution is -2.14. The van der Waals surface area contributed by atoms with Crippen molar-refractivity contribution in [3.63, 3.8) is 0 Å². The molecule has 17 heavy (non-hydrogen) atoms. The van der Waals surface area contributed by atoms with E-state index in [1.807, 2.05) is 0 Å². The van der Waals surface area contributed by atoms with E-state index in [-0.39, 0.29) is 0 Å². The minimum Gasteiger partial charge on any atom is -0.330 e. The summed E-state index contributed by atoms with van der Waals surface area (Å²) in [5.41, 5.74) is 5.84. The third kappa shape index (κ3) is 10.8. The summed E-state index contributed by atoms with van der Waals surface area (Å²) >= 11 is 0. The van der Waals surface area contributed by atoms with E-state index in [9.17, 15) is 0 Å². The van der Waals surface area contributed by atoms with Crippen molar-refractivity contribution in [3.8, 4) is 0 Å². The highest BCUT2D eigenvalue weighted by Crippen LogP contribution is 2.19. The molecule has 2 unspecified atom stereocenters. The molecule has 0 amide bonds. The summed E-state index contributed by atoms with van der Waals surface area (Å²) in [4.78, 5) is 0. The first kappa shape index (κ1) is 17.0. The molecule has 0 saturated heterocycles. The first-order valence-corrected chi connectivity index (χ1v) is 7.94. The molecule has 0 radical (unpaired) electrons. The van der Waals surface area contributed by atoms with Crippen LogP contribution in [0.1, 0.15) is 85.0 Å². The zero-order valence-electron chi connectivity index (χ0n) is 12.5. The molecule has 1 nitrogen and oxygen atoms in total. The van der Waals surface area contributed by atoms with Gasteiger partial charge in [0.1, 0.15) is 0 Å². The van der Waals surface area contributed by atoms with Crippen LogP contribution in [0.2, 0.25) is 0 Å². The third-order valence-corrected chi connectivity index (χ3v) is 3.89. The molecule has 0 saturated carbocycles. The van der Waals surface area contributed by atoms with Gasteiger partial charge in [-0.3, -0.25) is 0 Å².